The van der Waals surface area contributed by atoms with Crippen LogP contribution in [0, 0.1) is 11.3 Å². The highest BCUT2D eigenvalue weighted by Gasteiger charge is 2.35. The van der Waals surface area contributed by atoms with Crippen LogP contribution in [-0.4, -0.2) is 0 Å². The Hall–Kier alpha value is -1.33. The third-order valence-electron chi connectivity index (χ3n) is 2.84. The fourth-order valence-corrected chi connectivity index (χ4v) is 2.21. The van der Waals surface area contributed by atoms with E-state index in [1.807, 2.05) is 6.07 Å². The topological polar surface area (TPSA) is 35.8 Å². The molecule has 0 unspecified atom stereocenters. The predicted octanol–water partition coefficient (Wildman–Crippen LogP) is 2.48. The average Bonchev–Trinajstić information content (AvgIpc) is 2.41. The number of nitrogens with one attached hydrogen (secondary N) is 1. The first kappa shape index (κ1) is 9.23. The Bertz CT molecular complexity index is 388. The van der Waals surface area contributed by atoms with Gasteiger partial charge in [-0.25, -0.2) is 0 Å². The van der Waals surface area contributed by atoms with Gasteiger partial charge in [-0.15, -0.1) is 0 Å². The van der Waals surface area contributed by atoms with Gasteiger partial charge in [-0.1, -0.05) is 24.3 Å². The summed E-state index contributed by atoms with van der Waals surface area (Å²) >= 11 is 0. The Morgan fingerprint density at radius 3 is 2.86 bits per heavy atom. The summed E-state index contributed by atoms with van der Waals surface area (Å²) in [4.78, 5) is 0. The highest BCUT2D eigenvalue weighted by molar-refractivity contribution is 5.40. The zero-order valence-electron chi connectivity index (χ0n) is 8.54. The van der Waals surface area contributed by atoms with Crippen molar-refractivity contribution in [2.45, 2.75) is 31.8 Å². The molecule has 1 atom stereocenters. The molecule has 1 aromatic carbocycles. The fraction of sp³-hybridized carbons (Fsp3) is 0.417. The molecule has 1 N–H and O–H groups in total. The first-order valence-electron chi connectivity index (χ1n) is 4.89. The van der Waals surface area contributed by atoms with Gasteiger partial charge >= 0.3 is 0 Å². The maximum absolute atomic E-state index is 8.73. The summed E-state index contributed by atoms with van der Waals surface area (Å²) in [6.45, 7) is 4.31. The van der Waals surface area contributed by atoms with E-state index in [9.17, 15) is 0 Å². The Morgan fingerprint density at radius 2 is 2.14 bits per heavy atom. The first-order valence-corrected chi connectivity index (χ1v) is 4.89. The SMILES string of the molecule is CC1(C)N[C@@H](CC#N)c2ccccc21. The maximum atomic E-state index is 8.73. The van der Waals surface area contributed by atoms with E-state index in [1.165, 1.54) is 11.1 Å². The van der Waals surface area contributed by atoms with Crippen LogP contribution in [0.3, 0.4) is 0 Å². The third kappa shape index (κ3) is 1.30. The molecule has 14 heavy (non-hydrogen) atoms. The van der Waals surface area contributed by atoms with Gasteiger partial charge < -0.3 is 0 Å². The van der Waals surface area contributed by atoms with Crippen molar-refractivity contribution in [3.05, 3.63) is 35.4 Å². The highest BCUT2D eigenvalue weighted by Crippen LogP contribution is 2.37. The summed E-state index contributed by atoms with van der Waals surface area (Å²) in [6, 6.07) is 10.8. The summed E-state index contributed by atoms with van der Waals surface area (Å²) in [7, 11) is 0. The number of fused-ring (bicyclic) bond motifs is 1. The zero-order chi connectivity index (χ0) is 10.2. The van der Waals surface area contributed by atoms with Gasteiger partial charge in [0.2, 0.25) is 0 Å². The van der Waals surface area contributed by atoms with E-state index < -0.39 is 0 Å². The number of hydrogen-bond donors (Lipinski definition) is 1. The number of benzene rings is 1. The van der Waals surface area contributed by atoms with Crippen LogP contribution in [0.4, 0.5) is 0 Å². The van der Waals surface area contributed by atoms with Crippen LogP contribution in [0.25, 0.3) is 0 Å². The fourth-order valence-electron chi connectivity index (χ4n) is 2.21. The smallest absolute Gasteiger partial charge is 0.0641 e. The Morgan fingerprint density at radius 1 is 1.43 bits per heavy atom. The maximum Gasteiger partial charge on any atom is 0.0641 e. The van der Waals surface area contributed by atoms with Crippen molar-refractivity contribution in [3.8, 4) is 6.07 Å². The number of rotatable bonds is 1. The van der Waals surface area contributed by atoms with E-state index in [4.69, 9.17) is 5.26 Å². The minimum atomic E-state index is -0.00188. The molecular formula is C12H14N2. The monoisotopic (exact) mass is 186 g/mol. The Kier molecular flexibility index (Phi) is 2.05. The molecule has 2 rings (SSSR count). The summed E-state index contributed by atoms with van der Waals surface area (Å²) in [5.74, 6) is 0. The molecule has 1 aliphatic heterocycles. The molecule has 0 bridgehead atoms. The van der Waals surface area contributed by atoms with Crippen molar-refractivity contribution in [1.29, 1.82) is 5.26 Å². The zero-order valence-corrected chi connectivity index (χ0v) is 8.54. The van der Waals surface area contributed by atoms with Crippen LogP contribution >= 0.6 is 0 Å². The molecule has 0 saturated carbocycles. The van der Waals surface area contributed by atoms with Crippen molar-refractivity contribution in [3.63, 3.8) is 0 Å². The molecule has 2 heteroatoms. The molecule has 1 heterocycles. The second-order valence-electron chi connectivity index (χ2n) is 4.27. The van der Waals surface area contributed by atoms with E-state index in [0.29, 0.717) is 6.42 Å². The van der Waals surface area contributed by atoms with E-state index >= 15 is 0 Å². The third-order valence-corrected chi connectivity index (χ3v) is 2.84. The molecule has 0 aromatic heterocycles. The molecule has 2 nitrogen and oxygen atoms in total. The van der Waals surface area contributed by atoms with Gasteiger partial charge in [-0.2, -0.15) is 5.26 Å². The van der Waals surface area contributed by atoms with Gasteiger partial charge in [0.15, 0.2) is 0 Å². The Labute approximate surface area is 84.6 Å². The average molecular weight is 186 g/mol. The van der Waals surface area contributed by atoms with Gasteiger partial charge in [0.25, 0.3) is 0 Å². The van der Waals surface area contributed by atoms with Crippen molar-refractivity contribution in [1.82, 2.24) is 5.32 Å². The molecule has 1 aliphatic rings. The molecule has 1 aromatic rings. The van der Waals surface area contributed by atoms with E-state index in [0.717, 1.165) is 0 Å². The Balaban J connectivity index is 2.45. The lowest BCUT2D eigenvalue weighted by atomic mass is 9.94. The largest absolute Gasteiger partial charge is 0.300 e. The molecular weight excluding hydrogens is 172 g/mol. The van der Waals surface area contributed by atoms with Crippen LogP contribution in [0.1, 0.15) is 37.4 Å². The van der Waals surface area contributed by atoms with E-state index in [-0.39, 0.29) is 11.6 Å². The second kappa shape index (κ2) is 3.11. The first-order chi connectivity index (χ1) is 6.65. The van der Waals surface area contributed by atoms with Gasteiger partial charge in [0, 0.05) is 11.6 Å². The number of nitriles is 1. The lowest BCUT2D eigenvalue weighted by Crippen LogP contribution is -2.31. The predicted molar refractivity (Wildman–Crippen MR) is 55.6 cm³/mol. The lowest BCUT2D eigenvalue weighted by Gasteiger charge is -2.20. The van der Waals surface area contributed by atoms with Crippen LogP contribution < -0.4 is 5.32 Å². The minimum absolute atomic E-state index is 0.00188. The molecule has 0 spiro atoms. The van der Waals surface area contributed by atoms with Crippen LogP contribution in [0.2, 0.25) is 0 Å². The second-order valence-corrected chi connectivity index (χ2v) is 4.27. The molecule has 0 aliphatic carbocycles. The number of hydrogen-bond acceptors (Lipinski definition) is 2. The summed E-state index contributed by atoms with van der Waals surface area (Å²) in [5, 5.41) is 12.2. The van der Waals surface area contributed by atoms with Crippen molar-refractivity contribution < 1.29 is 0 Å². The van der Waals surface area contributed by atoms with Crippen molar-refractivity contribution >= 4 is 0 Å². The van der Waals surface area contributed by atoms with E-state index in [1.54, 1.807) is 0 Å². The van der Waals surface area contributed by atoms with Gasteiger partial charge in [-0.05, 0) is 25.0 Å². The minimum Gasteiger partial charge on any atom is -0.300 e. The van der Waals surface area contributed by atoms with Gasteiger partial charge in [-0.3, -0.25) is 5.32 Å². The quantitative estimate of drug-likeness (QED) is 0.731. The van der Waals surface area contributed by atoms with E-state index in [2.05, 4.69) is 43.4 Å². The summed E-state index contributed by atoms with van der Waals surface area (Å²) in [5.41, 5.74) is 2.59. The summed E-state index contributed by atoms with van der Waals surface area (Å²) < 4.78 is 0. The van der Waals surface area contributed by atoms with Crippen molar-refractivity contribution in [2.24, 2.45) is 0 Å². The van der Waals surface area contributed by atoms with Crippen LogP contribution in [-0.2, 0) is 5.54 Å². The lowest BCUT2D eigenvalue weighted by molar-refractivity contribution is 0.393. The highest BCUT2D eigenvalue weighted by atomic mass is 15.0. The molecule has 0 saturated heterocycles. The van der Waals surface area contributed by atoms with Gasteiger partial charge in [0.05, 0.1) is 12.5 Å². The molecule has 72 valence electrons. The number of nitrogens with zero attached hydrogens (tertiary/aromatic N) is 1. The van der Waals surface area contributed by atoms with Crippen LogP contribution in [0.5, 0.6) is 0 Å². The van der Waals surface area contributed by atoms with Crippen LogP contribution in [0.15, 0.2) is 24.3 Å². The van der Waals surface area contributed by atoms with Crippen molar-refractivity contribution in [2.75, 3.05) is 0 Å². The molecule has 0 fully saturated rings. The normalized spacial score (nSPS) is 22.8. The summed E-state index contributed by atoms with van der Waals surface area (Å²) in [6.07, 6.45) is 0.542. The standard InChI is InChI=1S/C12H14N2/c1-12(2)10-6-4-3-5-9(10)11(14-12)7-8-13/h3-6,11,14H,7H2,1-2H3/t11-/m0/s1. The molecule has 0 radical (unpaired) electrons. The van der Waals surface area contributed by atoms with Gasteiger partial charge in [0.1, 0.15) is 0 Å². The molecule has 0 amide bonds.